The van der Waals surface area contributed by atoms with Gasteiger partial charge in [0, 0.05) is 44.9 Å². The number of nitrogens with zero attached hydrogens (tertiary/aromatic N) is 5. The summed E-state index contributed by atoms with van der Waals surface area (Å²) >= 11 is 0. The molecule has 8 heteroatoms. The molecule has 4 heterocycles. The number of rotatable bonds is 7. The number of ether oxygens (including phenoxy) is 2. The van der Waals surface area contributed by atoms with Crippen LogP contribution in [0, 0.1) is 17.8 Å². The lowest BCUT2D eigenvalue weighted by Crippen LogP contribution is -2.52. The summed E-state index contributed by atoms with van der Waals surface area (Å²) in [5, 5.41) is 8.50. The molecule has 5 rings (SSSR count). The number of amides is 1. The van der Waals surface area contributed by atoms with Crippen LogP contribution in [0.15, 0.2) is 36.5 Å². The summed E-state index contributed by atoms with van der Waals surface area (Å²) in [7, 11) is 0. The molecule has 3 saturated heterocycles. The molecule has 2 aromatic rings. The van der Waals surface area contributed by atoms with Crippen LogP contribution < -0.4 is 0 Å². The number of aromatic nitrogens is 3. The molecule has 37 heavy (non-hydrogen) atoms. The smallest absolute Gasteiger partial charge is 0.228 e. The minimum atomic E-state index is -0.115. The van der Waals surface area contributed by atoms with E-state index in [2.05, 4.69) is 34.0 Å². The molecular formula is C29H39N5O3. The van der Waals surface area contributed by atoms with Crippen molar-refractivity contribution >= 4 is 5.91 Å². The predicted octanol–water partition coefficient (Wildman–Crippen LogP) is 3.14. The maximum absolute atomic E-state index is 13.2. The van der Waals surface area contributed by atoms with E-state index < -0.39 is 0 Å². The molecule has 0 spiro atoms. The molecule has 3 aliphatic heterocycles. The van der Waals surface area contributed by atoms with Gasteiger partial charge >= 0.3 is 0 Å². The number of carbonyl (C=O) groups is 1. The standard InChI is InChI=1S/C29H39N5O3/c1-22(34-20-25(30-31-34)11-10-24-7-4-3-5-8-24)19-26-12-13-28(37-26)23(2)29(35)33-16-14-32(15-17-33)21-27-9-6-18-36-27/h3-5,7-8,20,22-23,26-28H,6,9,12-19,21H2,1-2H3/t22-,23-,26+,27?,28-/m1/s1. The van der Waals surface area contributed by atoms with Crippen molar-refractivity contribution < 1.29 is 14.3 Å². The molecule has 8 nitrogen and oxygen atoms in total. The normalized spacial score (nSPS) is 26.0. The molecule has 198 valence electrons. The van der Waals surface area contributed by atoms with Crippen molar-refractivity contribution in [1.82, 2.24) is 24.8 Å². The Kier molecular flexibility index (Phi) is 8.55. The average molecular weight is 506 g/mol. The van der Waals surface area contributed by atoms with Gasteiger partial charge in [-0.25, -0.2) is 4.68 Å². The highest BCUT2D eigenvalue weighted by molar-refractivity contribution is 5.79. The van der Waals surface area contributed by atoms with E-state index in [9.17, 15) is 4.79 Å². The van der Waals surface area contributed by atoms with Crippen molar-refractivity contribution in [3.63, 3.8) is 0 Å². The van der Waals surface area contributed by atoms with Gasteiger partial charge in [-0.3, -0.25) is 9.69 Å². The highest BCUT2D eigenvalue weighted by Crippen LogP contribution is 2.31. The van der Waals surface area contributed by atoms with Gasteiger partial charge in [0.1, 0.15) is 0 Å². The predicted molar refractivity (Wildman–Crippen MR) is 141 cm³/mol. The molecule has 1 amide bonds. The zero-order valence-electron chi connectivity index (χ0n) is 22.1. The van der Waals surface area contributed by atoms with Gasteiger partial charge in [-0.05, 0) is 57.1 Å². The third-order valence-corrected chi connectivity index (χ3v) is 7.93. The summed E-state index contributed by atoms with van der Waals surface area (Å²) in [5.74, 6) is 6.33. The highest BCUT2D eigenvalue weighted by atomic mass is 16.5. The Morgan fingerprint density at radius 3 is 2.62 bits per heavy atom. The Bertz CT molecular complexity index is 1080. The Balaban J connectivity index is 1.06. The average Bonchev–Trinajstić information content (AvgIpc) is 3.70. The maximum atomic E-state index is 13.2. The van der Waals surface area contributed by atoms with Crippen LogP contribution in [0.1, 0.15) is 63.3 Å². The molecule has 3 aliphatic rings. The number of piperazine rings is 1. The minimum absolute atomic E-state index is 0.0161. The van der Waals surface area contributed by atoms with Gasteiger partial charge in [-0.1, -0.05) is 36.3 Å². The molecule has 1 unspecified atom stereocenters. The fourth-order valence-corrected chi connectivity index (χ4v) is 5.64. The van der Waals surface area contributed by atoms with E-state index in [1.807, 2.05) is 53.0 Å². The molecule has 5 atom stereocenters. The summed E-state index contributed by atoms with van der Waals surface area (Å²) < 4.78 is 14.0. The molecule has 0 radical (unpaired) electrons. The number of carbonyl (C=O) groups excluding carboxylic acids is 1. The first-order valence-corrected chi connectivity index (χ1v) is 13.8. The van der Waals surface area contributed by atoms with Gasteiger partial charge in [0.2, 0.25) is 5.91 Å². The van der Waals surface area contributed by atoms with E-state index in [-0.39, 0.29) is 30.1 Å². The van der Waals surface area contributed by atoms with Crippen LogP contribution in [-0.4, -0.2) is 88.3 Å². The molecule has 0 bridgehead atoms. The third kappa shape index (κ3) is 6.78. The fourth-order valence-electron chi connectivity index (χ4n) is 5.64. The number of hydrogen-bond donors (Lipinski definition) is 0. The Morgan fingerprint density at radius 1 is 1.05 bits per heavy atom. The molecule has 1 aromatic heterocycles. The summed E-state index contributed by atoms with van der Waals surface area (Å²) in [5.41, 5.74) is 1.62. The fraction of sp³-hybridized carbons (Fsp3) is 0.621. The van der Waals surface area contributed by atoms with Crippen LogP contribution in [0.3, 0.4) is 0 Å². The first kappa shape index (κ1) is 25.9. The lowest BCUT2D eigenvalue weighted by atomic mass is 9.99. The maximum Gasteiger partial charge on any atom is 0.228 e. The molecule has 0 aliphatic carbocycles. The second-order valence-corrected chi connectivity index (χ2v) is 10.7. The van der Waals surface area contributed by atoms with Crippen LogP contribution in [0.5, 0.6) is 0 Å². The largest absolute Gasteiger partial charge is 0.377 e. The summed E-state index contributed by atoms with van der Waals surface area (Å²) in [4.78, 5) is 17.7. The number of hydrogen-bond acceptors (Lipinski definition) is 6. The topological polar surface area (TPSA) is 72.7 Å². The van der Waals surface area contributed by atoms with Crippen molar-refractivity contribution in [1.29, 1.82) is 0 Å². The SMILES string of the molecule is C[C@H](C[C@@H]1CC[C@H]([C@@H](C)C(=O)N2CCN(CC3CCCO3)CC2)O1)n1cc(C#Cc2ccccc2)nn1. The second kappa shape index (κ2) is 12.2. The van der Waals surface area contributed by atoms with Crippen LogP contribution in [0.4, 0.5) is 0 Å². The van der Waals surface area contributed by atoms with Crippen LogP contribution in [0.2, 0.25) is 0 Å². The summed E-state index contributed by atoms with van der Waals surface area (Å²) in [6, 6.07) is 10.0. The van der Waals surface area contributed by atoms with Gasteiger partial charge in [0.25, 0.3) is 0 Å². The van der Waals surface area contributed by atoms with E-state index in [0.29, 0.717) is 11.8 Å². The highest BCUT2D eigenvalue weighted by Gasteiger charge is 2.36. The zero-order chi connectivity index (χ0) is 25.6. The van der Waals surface area contributed by atoms with Gasteiger partial charge in [-0.15, -0.1) is 5.10 Å². The summed E-state index contributed by atoms with van der Waals surface area (Å²) in [6.07, 6.45) is 7.45. The zero-order valence-corrected chi connectivity index (χ0v) is 22.1. The van der Waals surface area contributed by atoms with Crippen LogP contribution in [-0.2, 0) is 14.3 Å². The molecule has 3 fully saturated rings. The van der Waals surface area contributed by atoms with Crippen LogP contribution in [0.25, 0.3) is 0 Å². The molecular weight excluding hydrogens is 466 g/mol. The van der Waals surface area contributed by atoms with Crippen molar-refractivity contribution in [2.45, 2.75) is 70.3 Å². The quantitative estimate of drug-likeness (QED) is 0.539. The van der Waals surface area contributed by atoms with Gasteiger partial charge in [0.05, 0.1) is 36.5 Å². The second-order valence-electron chi connectivity index (χ2n) is 10.7. The lowest BCUT2D eigenvalue weighted by molar-refractivity contribution is -0.141. The first-order valence-electron chi connectivity index (χ1n) is 13.8. The first-order chi connectivity index (χ1) is 18.0. The van der Waals surface area contributed by atoms with Crippen molar-refractivity contribution in [3.8, 4) is 11.8 Å². The van der Waals surface area contributed by atoms with E-state index >= 15 is 0 Å². The van der Waals surface area contributed by atoms with Crippen molar-refractivity contribution in [2.24, 2.45) is 5.92 Å². The molecule has 1 aromatic carbocycles. The van der Waals surface area contributed by atoms with Gasteiger partial charge in [0.15, 0.2) is 5.69 Å². The third-order valence-electron chi connectivity index (χ3n) is 7.93. The minimum Gasteiger partial charge on any atom is -0.377 e. The Hall–Kier alpha value is -2.73. The lowest BCUT2D eigenvalue weighted by Gasteiger charge is -2.37. The monoisotopic (exact) mass is 505 g/mol. The van der Waals surface area contributed by atoms with Crippen LogP contribution >= 0.6 is 0 Å². The van der Waals surface area contributed by atoms with E-state index in [1.165, 1.54) is 6.42 Å². The Morgan fingerprint density at radius 2 is 1.86 bits per heavy atom. The van der Waals surface area contributed by atoms with Gasteiger partial charge in [-0.2, -0.15) is 0 Å². The number of benzene rings is 1. The molecule has 0 N–H and O–H groups in total. The van der Waals surface area contributed by atoms with Crippen molar-refractivity contribution in [3.05, 3.63) is 47.8 Å². The molecule has 0 saturated carbocycles. The van der Waals surface area contributed by atoms with E-state index in [4.69, 9.17) is 9.47 Å². The Labute approximate surface area is 220 Å². The van der Waals surface area contributed by atoms with E-state index in [0.717, 1.165) is 70.6 Å². The summed E-state index contributed by atoms with van der Waals surface area (Å²) in [6.45, 7) is 9.51. The van der Waals surface area contributed by atoms with Crippen molar-refractivity contribution in [2.75, 3.05) is 39.3 Å². The van der Waals surface area contributed by atoms with E-state index in [1.54, 1.807) is 0 Å². The van der Waals surface area contributed by atoms with Gasteiger partial charge < -0.3 is 14.4 Å².